The second-order valence-corrected chi connectivity index (χ2v) is 6.43. The molecule has 5 nitrogen and oxygen atoms in total. The minimum absolute atomic E-state index is 0.169. The lowest BCUT2D eigenvalue weighted by Crippen LogP contribution is -2.50. The molecule has 2 heterocycles. The van der Waals surface area contributed by atoms with E-state index in [0.29, 0.717) is 25.3 Å². The predicted octanol–water partition coefficient (Wildman–Crippen LogP) is 1.93. The van der Waals surface area contributed by atoms with Crippen molar-refractivity contribution in [1.29, 1.82) is 0 Å². The smallest absolute Gasteiger partial charge is 0.173 e. The molecule has 2 atom stereocenters. The van der Waals surface area contributed by atoms with Crippen LogP contribution in [0.1, 0.15) is 24.8 Å². The Labute approximate surface area is 142 Å². The molecule has 0 aromatic heterocycles. The second kappa shape index (κ2) is 8.87. The number of ether oxygens (including phenoxy) is 3. The molecular formula is C18H26FNO4. The van der Waals surface area contributed by atoms with Gasteiger partial charge in [-0.25, -0.2) is 4.39 Å². The van der Waals surface area contributed by atoms with E-state index in [1.165, 1.54) is 6.07 Å². The molecule has 0 saturated carbocycles. The molecule has 2 unspecified atom stereocenters. The molecule has 0 amide bonds. The van der Waals surface area contributed by atoms with E-state index in [1.54, 1.807) is 18.2 Å². The summed E-state index contributed by atoms with van der Waals surface area (Å²) in [6, 6.07) is 6.73. The molecule has 0 bridgehead atoms. The normalized spacial score (nSPS) is 24.3. The fraction of sp³-hybridized carbons (Fsp3) is 0.667. The number of rotatable bonds is 7. The largest absolute Gasteiger partial charge is 0.389 e. The average molecular weight is 339 g/mol. The van der Waals surface area contributed by atoms with Crippen molar-refractivity contribution in [2.45, 2.75) is 44.3 Å². The molecule has 134 valence electrons. The summed E-state index contributed by atoms with van der Waals surface area (Å²) in [6.07, 6.45) is 2.50. The van der Waals surface area contributed by atoms with Gasteiger partial charge >= 0.3 is 0 Å². The van der Waals surface area contributed by atoms with Gasteiger partial charge in [-0.2, -0.15) is 0 Å². The van der Waals surface area contributed by atoms with E-state index in [-0.39, 0.29) is 31.4 Å². The first-order valence-corrected chi connectivity index (χ1v) is 8.70. The lowest BCUT2D eigenvalue weighted by Gasteiger charge is -2.38. The number of benzene rings is 1. The van der Waals surface area contributed by atoms with Gasteiger partial charge in [-0.05, 0) is 25.5 Å². The Morgan fingerprint density at radius 3 is 2.83 bits per heavy atom. The molecule has 1 N–H and O–H groups in total. The van der Waals surface area contributed by atoms with E-state index in [9.17, 15) is 9.50 Å². The topological polar surface area (TPSA) is 51.2 Å². The van der Waals surface area contributed by atoms with E-state index in [1.807, 2.05) is 0 Å². The number of aliphatic hydroxyl groups is 1. The molecule has 2 saturated heterocycles. The number of likely N-dealkylation sites (tertiary alicyclic amines) is 1. The molecule has 3 rings (SSSR count). The summed E-state index contributed by atoms with van der Waals surface area (Å²) < 4.78 is 30.3. The van der Waals surface area contributed by atoms with Crippen LogP contribution in [0.5, 0.6) is 0 Å². The van der Waals surface area contributed by atoms with Gasteiger partial charge in [0.15, 0.2) is 6.29 Å². The highest BCUT2D eigenvalue weighted by molar-refractivity contribution is 5.16. The first kappa shape index (κ1) is 17.8. The number of hydrogen-bond donors (Lipinski definition) is 1. The second-order valence-electron chi connectivity index (χ2n) is 6.43. The fourth-order valence-corrected chi connectivity index (χ4v) is 3.39. The zero-order chi connectivity index (χ0) is 16.8. The first-order valence-electron chi connectivity index (χ1n) is 8.70. The molecule has 0 radical (unpaired) electrons. The Morgan fingerprint density at radius 1 is 1.25 bits per heavy atom. The molecule has 0 spiro atoms. The summed E-state index contributed by atoms with van der Waals surface area (Å²) in [6.45, 7) is 3.09. The van der Waals surface area contributed by atoms with Gasteiger partial charge in [-0.15, -0.1) is 0 Å². The van der Waals surface area contributed by atoms with Gasteiger partial charge < -0.3 is 19.3 Å². The third-order valence-electron chi connectivity index (χ3n) is 4.60. The number of halogens is 1. The molecule has 2 aliphatic rings. The highest BCUT2D eigenvalue weighted by Gasteiger charge is 2.34. The maximum atomic E-state index is 13.5. The first-order chi connectivity index (χ1) is 11.7. The Morgan fingerprint density at radius 2 is 2.04 bits per heavy atom. The van der Waals surface area contributed by atoms with Gasteiger partial charge in [-0.3, -0.25) is 4.90 Å². The van der Waals surface area contributed by atoms with Crippen molar-refractivity contribution >= 4 is 0 Å². The van der Waals surface area contributed by atoms with Crippen molar-refractivity contribution in [3.8, 4) is 0 Å². The Hall–Kier alpha value is -1.05. The SMILES string of the molecule is OC(COCc1ccccc1F)CN1CCCCC1C1OCCO1. The van der Waals surface area contributed by atoms with Crippen molar-refractivity contribution in [2.75, 3.05) is 32.9 Å². The number of aliphatic hydroxyl groups excluding tert-OH is 1. The van der Waals surface area contributed by atoms with Crippen LogP contribution in [0.2, 0.25) is 0 Å². The summed E-state index contributed by atoms with van der Waals surface area (Å²) in [7, 11) is 0. The fourth-order valence-electron chi connectivity index (χ4n) is 3.39. The highest BCUT2D eigenvalue weighted by atomic mass is 19.1. The average Bonchev–Trinajstić information content (AvgIpc) is 3.11. The van der Waals surface area contributed by atoms with Crippen LogP contribution in [0, 0.1) is 5.82 Å². The number of nitrogens with zero attached hydrogens (tertiary/aromatic N) is 1. The third-order valence-corrected chi connectivity index (χ3v) is 4.60. The summed E-state index contributed by atoms with van der Waals surface area (Å²) in [4.78, 5) is 2.23. The van der Waals surface area contributed by atoms with Crippen LogP contribution in [0.3, 0.4) is 0 Å². The maximum Gasteiger partial charge on any atom is 0.173 e. The Kier molecular flexibility index (Phi) is 6.57. The molecule has 0 aliphatic carbocycles. The van der Waals surface area contributed by atoms with Crippen LogP contribution < -0.4 is 0 Å². The van der Waals surface area contributed by atoms with Crippen LogP contribution in [0.15, 0.2) is 24.3 Å². The molecule has 2 aliphatic heterocycles. The summed E-state index contributed by atoms with van der Waals surface area (Å²) in [5.41, 5.74) is 0.508. The monoisotopic (exact) mass is 339 g/mol. The van der Waals surface area contributed by atoms with Gasteiger partial charge in [0.05, 0.1) is 38.6 Å². The summed E-state index contributed by atoms with van der Waals surface area (Å²) >= 11 is 0. The lowest BCUT2D eigenvalue weighted by molar-refractivity contribution is -0.117. The van der Waals surface area contributed by atoms with E-state index < -0.39 is 6.10 Å². The van der Waals surface area contributed by atoms with E-state index in [0.717, 1.165) is 25.8 Å². The van der Waals surface area contributed by atoms with Crippen LogP contribution in [-0.2, 0) is 20.8 Å². The zero-order valence-electron chi connectivity index (χ0n) is 13.9. The lowest BCUT2D eigenvalue weighted by atomic mass is 10.0. The van der Waals surface area contributed by atoms with E-state index in [2.05, 4.69) is 4.90 Å². The van der Waals surface area contributed by atoms with Crippen molar-refractivity contribution < 1.29 is 23.7 Å². The molecule has 2 fully saturated rings. The molecular weight excluding hydrogens is 313 g/mol. The predicted molar refractivity (Wildman–Crippen MR) is 87.0 cm³/mol. The van der Waals surface area contributed by atoms with Crippen molar-refractivity contribution in [2.24, 2.45) is 0 Å². The van der Waals surface area contributed by atoms with Gasteiger partial charge in [0.2, 0.25) is 0 Å². The van der Waals surface area contributed by atoms with Crippen molar-refractivity contribution in [3.05, 3.63) is 35.6 Å². The van der Waals surface area contributed by atoms with E-state index in [4.69, 9.17) is 14.2 Å². The summed E-state index contributed by atoms with van der Waals surface area (Å²) in [5, 5.41) is 10.3. The van der Waals surface area contributed by atoms with Gasteiger partial charge in [0.1, 0.15) is 5.82 Å². The molecule has 1 aromatic rings. The molecule has 1 aromatic carbocycles. The quantitative estimate of drug-likeness (QED) is 0.823. The Bertz CT molecular complexity index is 510. The number of β-amino-alcohol motifs (C(OH)–C–C–N with tert-alkyl or cyclic N) is 1. The molecule has 24 heavy (non-hydrogen) atoms. The van der Waals surface area contributed by atoms with Crippen molar-refractivity contribution in [1.82, 2.24) is 4.90 Å². The molecule has 6 heteroatoms. The zero-order valence-corrected chi connectivity index (χ0v) is 13.9. The third kappa shape index (κ3) is 4.74. The minimum atomic E-state index is -0.612. The van der Waals surface area contributed by atoms with Crippen LogP contribution in [0.25, 0.3) is 0 Å². The summed E-state index contributed by atoms with van der Waals surface area (Å²) in [5.74, 6) is -0.279. The van der Waals surface area contributed by atoms with Gasteiger partial charge in [0, 0.05) is 12.1 Å². The van der Waals surface area contributed by atoms with Crippen LogP contribution in [0.4, 0.5) is 4.39 Å². The number of hydrogen-bond acceptors (Lipinski definition) is 5. The highest BCUT2D eigenvalue weighted by Crippen LogP contribution is 2.24. The standard InChI is InChI=1S/C18H26FNO4/c19-16-6-2-1-5-14(16)12-22-13-15(21)11-20-8-4-3-7-17(20)18-23-9-10-24-18/h1-2,5-6,15,17-18,21H,3-4,7-13H2. The number of piperidine rings is 1. The van der Waals surface area contributed by atoms with Gasteiger partial charge in [-0.1, -0.05) is 24.6 Å². The van der Waals surface area contributed by atoms with E-state index >= 15 is 0 Å². The van der Waals surface area contributed by atoms with Gasteiger partial charge in [0.25, 0.3) is 0 Å². The minimum Gasteiger partial charge on any atom is -0.389 e. The van der Waals surface area contributed by atoms with Crippen LogP contribution in [-0.4, -0.2) is 61.4 Å². The Balaban J connectivity index is 1.44. The van der Waals surface area contributed by atoms with Crippen LogP contribution >= 0.6 is 0 Å². The van der Waals surface area contributed by atoms with Crippen molar-refractivity contribution in [3.63, 3.8) is 0 Å². The maximum absolute atomic E-state index is 13.5.